The quantitative estimate of drug-likeness (QED) is 0.680. The summed E-state index contributed by atoms with van der Waals surface area (Å²) in [6.07, 6.45) is 2.66. The van der Waals surface area contributed by atoms with Gasteiger partial charge in [0.2, 0.25) is 0 Å². The number of hydrogen-bond donors (Lipinski definition) is 0. The topological polar surface area (TPSA) is 12.9 Å². The zero-order valence-electron chi connectivity index (χ0n) is 9.57. The van der Waals surface area contributed by atoms with Crippen molar-refractivity contribution in [2.75, 3.05) is 10.7 Å². The summed E-state index contributed by atoms with van der Waals surface area (Å²) >= 11 is 8.83. The zero-order valence-corrected chi connectivity index (χ0v) is 13.6. The molecule has 0 aliphatic heterocycles. The Labute approximate surface area is 127 Å². The van der Waals surface area contributed by atoms with Gasteiger partial charge in [-0.05, 0) is 17.7 Å². The van der Waals surface area contributed by atoms with Crippen LogP contribution in [0.2, 0.25) is 0 Å². The lowest BCUT2D eigenvalue weighted by Crippen LogP contribution is -2.32. The van der Waals surface area contributed by atoms with Gasteiger partial charge in [-0.1, -0.05) is 44.0 Å². The Bertz CT molecular complexity index is 480. The van der Waals surface area contributed by atoms with Crippen LogP contribution < -0.4 is 0 Å². The molecule has 96 valence electrons. The van der Waals surface area contributed by atoms with Gasteiger partial charge in [0.15, 0.2) is 0 Å². The van der Waals surface area contributed by atoms with E-state index in [1.165, 1.54) is 12.1 Å². The number of thiazole rings is 1. The molecule has 1 aromatic heterocycles. The van der Waals surface area contributed by atoms with Crippen LogP contribution in [0.3, 0.4) is 0 Å². The summed E-state index contributed by atoms with van der Waals surface area (Å²) in [5.74, 6) is -0.203. The number of alkyl halides is 2. The number of benzene rings is 1. The molecule has 0 bridgehead atoms. The van der Waals surface area contributed by atoms with Crippen LogP contribution in [-0.2, 0) is 11.8 Å². The van der Waals surface area contributed by atoms with Gasteiger partial charge in [0, 0.05) is 34.1 Å². The van der Waals surface area contributed by atoms with Crippen LogP contribution in [-0.4, -0.2) is 15.6 Å². The van der Waals surface area contributed by atoms with Crippen LogP contribution in [0, 0.1) is 5.82 Å². The molecular weight excluding hydrogens is 381 g/mol. The Balaban J connectivity index is 2.33. The Morgan fingerprint density at radius 2 is 1.83 bits per heavy atom. The normalized spacial score (nSPS) is 11.7. The van der Waals surface area contributed by atoms with E-state index in [1.54, 1.807) is 11.3 Å². The zero-order chi connectivity index (χ0) is 13.0. The minimum Gasteiger partial charge on any atom is -0.250 e. The molecule has 0 N–H and O–H groups in total. The largest absolute Gasteiger partial charge is 0.250 e. The smallest absolute Gasteiger partial charge is 0.123 e. The highest BCUT2D eigenvalue weighted by Gasteiger charge is 2.31. The second-order valence-electron chi connectivity index (χ2n) is 4.16. The Kier molecular flexibility index (Phi) is 4.92. The van der Waals surface area contributed by atoms with Gasteiger partial charge in [-0.25, -0.2) is 9.37 Å². The molecule has 1 nitrogen and oxygen atoms in total. The van der Waals surface area contributed by atoms with Gasteiger partial charge in [-0.15, -0.1) is 11.3 Å². The fourth-order valence-electron chi connectivity index (χ4n) is 1.82. The van der Waals surface area contributed by atoms with E-state index in [1.807, 2.05) is 23.7 Å². The van der Waals surface area contributed by atoms with Crippen LogP contribution in [0.15, 0.2) is 35.8 Å². The predicted molar refractivity (Wildman–Crippen MR) is 81.5 cm³/mol. The van der Waals surface area contributed by atoms with Gasteiger partial charge in [0.1, 0.15) is 5.82 Å². The first-order valence-corrected chi connectivity index (χ1v) is 8.59. The van der Waals surface area contributed by atoms with E-state index in [0.717, 1.165) is 27.7 Å². The number of halogens is 3. The molecule has 0 atom stereocenters. The molecule has 0 amide bonds. The highest BCUT2D eigenvalue weighted by Crippen LogP contribution is 2.33. The Hall–Kier alpha value is -0.260. The van der Waals surface area contributed by atoms with Crippen molar-refractivity contribution in [3.8, 4) is 0 Å². The average Bonchev–Trinajstić information content (AvgIpc) is 2.90. The number of aromatic nitrogens is 1. The lowest BCUT2D eigenvalue weighted by molar-refractivity contribution is 0.546. The summed E-state index contributed by atoms with van der Waals surface area (Å²) in [5, 5.41) is 4.68. The minimum absolute atomic E-state index is 0.0917. The molecule has 0 saturated carbocycles. The molecule has 5 heteroatoms. The summed E-state index contributed by atoms with van der Waals surface area (Å²) in [7, 11) is 0. The lowest BCUT2D eigenvalue weighted by atomic mass is 9.81. The third-order valence-corrected chi connectivity index (χ3v) is 5.87. The second-order valence-corrected chi connectivity index (χ2v) is 6.26. The number of nitrogens with zero attached hydrogens (tertiary/aromatic N) is 1. The van der Waals surface area contributed by atoms with Crippen LogP contribution >= 0.6 is 43.2 Å². The summed E-state index contributed by atoms with van der Waals surface area (Å²) in [6.45, 7) is 0. The van der Waals surface area contributed by atoms with Crippen molar-refractivity contribution in [3.05, 3.63) is 52.2 Å². The lowest BCUT2D eigenvalue weighted by Gasteiger charge is -2.29. The molecule has 0 unspecified atom stereocenters. The first kappa shape index (κ1) is 14.2. The van der Waals surface area contributed by atoms with Gasteiger partial charge in [-0.2, -0.15) is 0 Å². The van der Waals surface area contributed by atoms with Crippen LogP contribution in [0.5, 0.6) is 0 Å². The van der Waals surface area contributed by atoms with Gasteiger partial charge in [0.05, 0.1) is 5.01 Å². The number of hydrogen-bond acceptors (Lipinski definition) is 2. The first-order chi connectivity index (χ1) is 8.70. The van der Waals surface area contributed by atoms with Crippen LogP contribution in [0.1, 0.15) is 10.6 Å². The molecule has 0 spiro atoms. The number of rotatable bonds is 5. The highest BCUT2D eigenvalue weighted by molar-refractivity contribution is 9.09. The summed E-state index contributed by atoms with van der Waals surface area (Å²) in [4.78, 5) is 4.34. The highest BCUT2D eigenvalue weighted by atomic mass is 79.9. The summed E-state index contributed by atoms with van der Waals surface area (Å²) in [5.41, 5.74) is 1.03. The van der Waals surface area contributed by atoms with Crippen molar-refractivity contribution in [2.45, 2.75) is 11.8 Å². The molecule has 0 saturated heterocycles. The van der Waals surface area contributed by atoms with E-state index in [0.29, 0.717) is 0 Å². The van der Waals surface area contributed by atoms with E-state index in [4.69, 9.17) is 0 Å². The van der Waals surface area contributed by atoms with E-state index in [9.17, 15) is 4.39 Å². The molecule has 2 rings (SSSR count). The third kappa shape index (κ3) is 3.00. The molecule has 2 aromatic rings. The van der Waals surface area contributed by atoms with Crippen molar-refractivity contribution in [1.82, 2.24) is 4.98 Å². The van der Waals surface area contributed by atoms with Crippen molar-refractivity contribution >= 4 is 43.2 Å². The van der Waals surface area contributed by atoms with Crippen LogP contribution in [0.25, 0.3) is 0 Å². The summed E-state index contributed by atoms with van der Waals surface area (Å²) in [6, 6.07) is 6.73. The maximum Gasteiger partial charge on any atom is 0.123 e. The summed E-state index contributed by atoms with van der Waals surface area (Å²) < 4.78 is 13.0. The van der Waals surface area contributed by atoms with E-state index >= 15 is 0 Å². The molecule has 1 aromatic carbocycles. The maximum atomic E-state index is 13.0. The molecular formula is C13H12Br2FNS. The molecule has 1 heterocycles. The van der Waals surface area contributed by atoms with Crippen molar-refractivity contribution in [3.63, 3.8) is 0 Å². The SMILES string of the molecule is Fc1ccc(C(CBr)(CBr)Cc2nccs2)cc1. The average molecular weight is 393 g/mol. The Morgan fingerprint density at radius 1 is 1.17 bits per heavy atom. The molecule has 18 heavy (non-hydrogen) atoms. The van der Waals surface area contributed by atoms with E-state index < -0.39 is 0 Å². The van der Waals surface area contributed by atoms with Crippen molar-refractivity contribution < 1.29 is 4.39 Å². The monoisotopic (exact) mass is 391 g/mol. The third-order valence-electron chi connectivity index (χ3n) is 2.94. The minimum atomic E-state index is -0.203. The molecule has 0 aliphatic carbocycles. The molecule has 0 fully saturated rings. The standard InChI is InChI=1S/C13H12Br2FNS/c14-8-13(9-15,7-12-17-5-6-18-12)10-1-3-11(16)4-2-10/h1-6H,7-9H2. The fourth-order valence-corrected chi connectivity index (χ4v) is 4.55. The predicted octanol–water partition coefficient (Wildman–Crippen LogP) is 4.55. The van der Waals surface area contributed by atoms with Gasteiger partial charge >= 0.3 is 0 Å². The first-order valence-electron chi connectivity index (χ1n) is 5.46. The maximum absolute atomic E-state index is 13.0. The van der Waals surface area contributed by atoms with Crippen LogP contribution in [0.4, 0.5) is 4.39 Å². The molecule has 0 radical (unpaired) electrons. The van der Waals surface area contributed by atoms with E-state index in [2.05, 4.69) is 36.8 Å². The van der Waals surface area contributed by atoms with Gasteiger partial charge in [-0.3, -0.25) is 0 Å². The second kappa shape index (κ2) is 6.26. The Morgan fingerprint density at radius 3 is 2.33 bits per heavy atom. The van der Waals surface area contributed by atoms with Crippen molar-refractivity contribution in [1.29, 1.82) is 0 Å². The fraction of sp³-hybridized carbons (Fsp3) is 0.308. The van der Waals surface area contributed by atoms with Crippen molar-refractivity contribution in [2.24, 2.45) is 0 Å². The van der Waals surface area contributed by atoms with Gasteiger partial charge < -0.3 is 0 Å². The van der Waals surface area contributed by atoms with E-state index in [-0.39, 0.29) is 11.2 Å². The molecule has 0 aliphatic rings. The van der Waals surface area contributed by atoms with Gasteiger partial charge in [0.25, 0.3) is 0 Å².